The number of aromatic amines is 2. The van der Waals surface area contributed by atoms with E-state index in [0.29, 0.717) is 5.69 Å². The van der Waals surface area contributed by atoms with E-state index in [1.54, 1.807) is 6.92 Å². The number of aliphatic carboxylic acids is 1. The fourth-order valence-electron chi connectivity index (χ4n) is 4.88. The molecule has 1 amide bonds. The second-order valence-corrected chi connectivity index (χ2v) is 8.74. The number of carbonyl (C=O) groups excluding carboxylic acids is 1. The number of nitrogens with one attached hydrogen (secondary N) is 2. The van der Waals surface area contributed by atoms with Crippen LogP contribution in [0.3, 0.4) is 0 Å². The van der Waals surface area contributed by atoms with Crippen LogP contribution in [-0.4, -0.2) is 38.2 Å². The monoisotopic (exact) mass is 392 g/mol. The van der Waals surface area contributed by atoms with Crippen molar-refractivity contribution in [3.8, 4) is 11.4 Å². The van der Waals surface area contributed by atoms with Crippen molar-refractivity contribution < 1.29 is 14.7 Å². The first-order valence-corrected chi connectivity index (χ1v) is 10.0. The average Bonchev–Trinajstić information content (AvgIpc) is 3.21. The number of carboxylic acid groups (broad SMARTS) is 1. The standard InChI is InChI=1S/C22H24N4O3/c1-10-12-6-5-7-13-14-8-17-15(9-16(14)23-18(13)19(12)25-24-10)22(3,4)21(29)26(17)11(2)20(27)28/h8-9,11,23H,5-7H2,1-4H3,(H,24,25)(H,27,28). The molecular weight excluding hydrogens is 368 g/mol. The predicted molar refractivity (Wildman–Crippen MR) is 110 cm³/mol. The molecule has 1 atom stereocenters. The Balaban J connectivity index is 1.77. The van der Waals surface area contributed by atoms with Gasteiger partial charge in [0.05, 0.1) is 11.1 Å². The molecule has 0 saturated heterocycles. The van der Waals surface area contributed by atoms with Gasteiger partial charge >= 0.3 is 5.97 Å². The molecule has 29 heavy (non-hydrogen) atoms. The SMILES string of the molecule is Cc1[nH]nc2c1CCCc1c-2[nH]c2cc3c(cc12)N(C(C)C(=O)O)C(=O)C3(C)C. The Kier molecular flexibility index (Phi) is 3.54. The third-order valence-electron chi connectivity index (χ3n) is 6.62. The number of aromatic nitrogens is 3. The Morgan fingerprint density at radius 1 is 1.28 bits per heavy atom. The van der Waals surface area contributed by atoms with E-state index in [4.69, 9.17) is 0 Å². The largest absolute Gasteiger partial charge is 0.480 e. The van der Waals surface area contributed by atoms with Crippen molar-refractivity contribution in [2.45, 2.75) is 58.4 Å². The van der Waals surface area contributed by atoms with Gasteiger partial charge in [0.25, 0.3) is 0 Å². The summed E-state index contributed by atoms with van der Waals surface area (Å²) in [7, 11) is 0. The van der Waals surface area contributed by atoms with Gasteiger partial charge in [-0.3, -0.25) is 14.8 Å². The van der Waals surface area contributed by atoms with Gasteiger partial charge in [0.15, 0.2) is 0 Å². The van der Waals surface area contributed by atoms with Crippen LogP contribution in [0.2, 0.25) is 0 Å². The highest BCUT2D eigenvalue weighted by atomic mass is 16.4. The van der Waals surface area contributed by atoms with Gasteiger partial charge < -0.3 is 10.1 Å². The lowest BCUT2D eigenvalue weighted by atomic mass is 9.85. The minimum Gasteiger partial charge on any atom is -0.480 e. The lowest BCUT2D eigenvalue weighted by Gasteiger charge is -2.24. The van der Waals surface area contributed by atoms with E-state index in [1.165, 1.54) is 16.0 Å². The summed E-state index contributed by atoms with van der Waals surface area (Å²) >= 11 is 0. The molecule has 1 aliphatic carbocycles. The van der Waals surface area contributed by atoms with Gasteiger partial charge in [0.1, 0.15) is 11.7 Å². The number of amides is 1. The molecule has 3 N–H and O–H groups in total. The van der Waals surface area contributed by atoms with Crippen LogP contribution < -0.4 is 4.90 Å². The number of carboxylic acids is 1. The zero-order valence-corrected chi connectivity index (χ0v) is 17.0. The first-order valence-electron chi connectivity index (χ1n) is 10.0. The van der Waals surface area contributed by atoms with Crippen molar-refractivity contribution in [3.63, 3.8) is 0 Å². The topological polar surface area (TPSA) is 102 Å². The summed E-state index contributed by atoms with van der Waals surface area (Å²) < 4.78 is 0. The number of hydrogen-bond donors (Lipinski definition) is 3. The number of fused-ring (bicyclic) bond motifs is 6. The van der Waals surface area contributed by atoms with Crippen LogP contribution in [0, 0.1) is 6.92 Å². The maximum atomic E-state index is 13.1. The number of nitrogens with zero attached hydrogens (tertiary/aromatic N) is 2. The Morgan fingerprint density at radius 3 is 2.72 bits per heavy atom. The molecule has 1 aromatic carbocycles. The summed E-state index contributed by atoms with van der Waals surface area (Å²) in [6, 6.07) is 3.10. The number of H-pyrrole nitrogens is 2. The molecule has 2 aromatic heterocycles. The van der Waals surface area contributed by atoms with Gasteiger partial charge in [0, 0.05) is 27.8 Å². The predicted octanol–water partition coefficient (Wildman–Crippen LogP) is 3.45. The summed E-state index contributed by atoms with van der Waals surface area (Å²) in [6.45, 7) is 7.33. The number of anilines is 1. The highest BCUT2D eigenvalue weighted by Gasteiger charge is 2.47. The lowest BCUT2D eigenvalue weighted by Crippen LogP contribution is -2.45. The van der Waals surface area contributed by atoms with E-state index in [1.807, 2.05) is 32.9 Å². The van der Waals surface area contributed by atoms with E-state index in [9.17, 15) is 14.7 Å². The van der Waals surface area contributed by atoms with Gasteiger partial charge in [-0.05, 0) is 70.2 Å². The molecule has 7 heteroatoms. The fraction of sp³-hybridized carbons (Fsp3) is 0.409. The van der Waals surface area contributed by atoms with Crippen LogP contribution in [-0.2, 0) is 27.8 Å². The second-order valence-electron chi connectivity index (χ2n) is 8.74. The molecule has 3 aromatic rings. The molecule has 5 rings (SSSR count). The number of carbonyl (C=O) groups is 2. The van der Waals surface area contributed by atoms with Gasteiger partial charge in [-0.15, -0.1) is 0 Å². The van der Waals surface area contributed by atoms with E-state index in [-0.39, 0.29) is 5.91 Å². The molecule has 3 heterocycles. The van der Waals surface area contributed by atoms with Crippen molar-refractivity contribution in [2.24, 2.45) is 0 Å². The molecule has 0 spiro atoms. The third kappa shape index (κ3) is 2.27. The van der Waals surface area contributed by atoms with E-state index in [0.717, 1.165) is 52.8 Å². The van der Waals surface area contributed by atoms with Crippen molar-refractivity contribution in [1.29, 1.82) is 0 Å². The van der Waals surface area contributed by atoms with Crippen LogP contribution in [0.15, 0.2) is 12.1 Å². The fourth-order valence-corrected chi connectivity index (χ4v) is 4.88. The first-order chi connectivity index (χ1) is 13.7. The molecule has 7 nitrogen and oxygen atoms in total. The summed E-state index contributed by atoms with van der Waals surface area (Å²) in [4.78, 5) is 29.7. The Bertz CT molecular complexity index is 1200. The average molecular weight is 392 g/mol. The lowest BCUT2D eigenvalue weighted by molar-refractivity contribution is -0.139. The minimum atomic E-state index is -1.01. The maximum Gasteiger partial charge on any atom is 0.326 e. The third-order valence-corrected chi connectivity index (χ3v) is 6.62. The van der Waals surface area contributed by atoms with E-state index < -0.39 is 17.4 Å². The summed E-state index contributed by atoms with van der Waals surface area (Å²) in [6.07, 6.45) is 2.90. The van der Waals surface area contributed by atoms with Gasteiger partial charge in [-0.25, -0.2) is 4.79 Å². The molecule has 2 aliphatic rings. The van der Waals surface area contributed by atoms with Crippen LogP contribution >= 0.6 is 0 Å². The number of aryl methyl sites for hydroxylation is 2. The van der Waals surface area contributed by atoms with Crippen LogP contribution in [0.5, 0.6) is 0 Å². The Labute approximate surface area is 168 Å². The molecule has 0 bridgehead atoms. The van der Waals surface area contributed by atoms with Crippen molar-refractivity contribution in [1.82, 2.24) is 15.2 Å². The molecule has 150 valence electrons. The molecule has 0 saturated carbocycles. The van der Waals surface area contributed by atoms with Gasteiger partial charge in [-0.2, -0.15) is 5.10 Å². The first kappa shape index (κ1) is 18.0. The van der Waals surface area contributed by atoms with Crippen molar-refractivity contribution in [2.75, 3.05) is 4.90 Å². The maximum absolute atomic E-state index is 13.1. The summed E-state index contributed by atoms with van der Waals surface area (Å²) in [5.74, 6) is -1.18. The zero-order chi connectivity index (χ0) is 20.7. The second kappa shape index (κ2) is 5.72. The van der Waals surface area contributed by atoms with Crippen molar-refractivity contribution in [3.05, 3.63) is 34.5 Å². The quantitative estimate of drug-likeness (QED) is 0.621. The molecule has 0 fully saturated rings. The summed E-state index contributed by atoms with van der Waals surface area (Å²) in [5.41, 5.74) is 7.29. The normalized spacial score (nSPS) is 18.3. The summed E-state index contributed by atoms with van der Waals surface area (Å²) in [5, 5.41) is 18.2. The molecule has 1 aliphatic heterocycles. The highest BCUT2D eigenvalue weighted by Crippen LogP contribution is 2.46. The van der Waals surface area contributed by atoms with Crippen molar-refractivity contribution >= 4 is 28.5 Å². The van der Waals surface area contributed by atoms with E-state index in [2.05, 4.69) is 15.2 Å². The smallest absolute Gasteiger partial charge is 0.326 e. The number of hydrogen-bond acceptors (Lipinski definition) is 3. The zero-order valence-electron chi connectivity index (χ0n) is 17.0. The number of benzene rings is 1. The van der Waals surface area contributed by atoms with Crippen LogP contribution in [0.25, 0.3) is 22.3 Å². The highest BCUT2D eigenvalue weighted by molar-refractivity contribution is 6.13. The Hall–Kier alpha value is -3.09. The molecular formula is C22H24N4O3. The van der Waals surface area contributed by atoms with Crippen LogP contribution in [0.1, 0.15) is 49.6 Å². The number of rotatable bonds is 2. The Morgan fingerprint density at radius 2 is 2.00 bits per heavy atom. The molecule has 1 unspecified atom stereocenters. The minimum absolute atomic E-state index is 0.175. The van der Waals surface area contributed by atoms with Gasteiger partial charge in [0.2, 0.25) is 5.91 Å². The van der Waals surface area contributed by atoms with Gasteiger partial charge in [-0.1, -0.05) is 0 Å². The molecule has 0 radical (unpaired) electrons. The van der Waals surface area contributed by atoms with Crippen LogP contribution in [0.4, 0.5) is 5.69 Å². The van der Waals surface area contributed by atoms with E-state index >= 15 is 0 Å².